The summed E-state index contributed by atoms with van der Waals surface area (Å²) in [6.45, 7) is 6.50. The summed E-state index contributed by atoms with van der Waals surface area (Å²) >= 11 is 5.99. The van der Waals surface area contributed by atoms with E-state index in [0.29, 0.717) is 10.6 Å². The van der Waals surface area contributed by atoms with Gasteiger partial charge < -0.3 is 15.0 Å². The summed E-state index contributed by atoms with van der Waals surface area (Å²) in [5, 5.41) is 3.14. The molecule has 0 radical (unpaired) electrons. The van der Waals surface area contributed by atoms with Crippen molar-refractivity contribution in [2.45, 2.75) is 51.2 Å². The predicted molar refractivity (Wildman–Crippen MR) is 153 cm³/mol. The molecule has 0 fully saturated rings. The second-order valence-electron chi connectivity index (χ2n) is 9.35. The van der Waals surface area contributed by atoms with Crippen molar-refractivity contribution in [3.63, 3.8) is 0 Å². The van der Waals surface area contributed by atoms with Crippen molar-refractivity contribution in [2.24, 2.45) is 0 Å². The molecule has 2 amide bonds. The van der Waals surface area contributed by atoms with E-state index in [9.17, 15) is 22.4 Å². The average molecular weight is 590 g/mol. The zero-order valence-electron chi connectivity index (χ0n) is 22.8. The predicted octanol–water partition coefficient (Wildman–Crippen LogP) is 5.02. The molecular weight excluding hydrogens is 557 g/mol. The number of para-hydroxylation sites is 2. The van der Waals surface area contributed by atoms with E-state index in [1.54, 1.807) is 52.0 Å². The Labute approximate surface area is 239 Å². The van der Waals surface area contributed by atoms with Gasteiger partial charge in [-0.25, -0.2) is 12.8 Å². The number of benzene rings is 3. The number of nitrogens with zero attached hydrogens (tertiary/aromatic N) is 2. The van der Waals surface area contributed by atoms with Crippen LogP contribution in [-0.4, -0.2) is 50.4 Å². The highest BCUT2D eigenvalue weighted by Gasteiger charge is 2.34. The normalized spacial score (nSPS) is 12.1. The molecule has 0 spiro atoms. The largest absolute Gasteiger partial charge is 0.492 e. The summed E-state index contributed by atoms with van der Waals surface area (Å²) in [6.07, 6.45) is 0. The van der Waals surface area contributed by atoms with E-state index in [0.717, 1.165) is 4.31 Å². The van der Waals surface area contributed by atoms with Gasteiger partial charge in [-0.05, 0) is 81.8 Å². The van der Waals surface area contributed by atoms with E-state index in [1.165, 1.54) is 53.4 Å². The number of ether oxygens (including phenoxy) is 1. The van der Waals surface area contributed by atoms with Gasteiger partial charge in [0.15, 0.2) is 0 Å². The maximum atomic E-state index is 13.9. The lowest BCUT2D eigenvalue weighted by molar-refractivity contribution is -0.139. The van der Waals surface area contributed by atoms with Crippen molar-refractivity contribution in [3.8, 4) is 5.75 Å². The first-order valence-electron chi connectivity index (χ1n) is 12.8. The summed E-state index contributed by atoms with van der Waals surface area (Å²) in [5.74, 6) is -1.22. The zero-order chi connectivity index (χ0) is 29.4. The van der Waals surface area contributed by atoms with Crippen molar-refractivity contribution in [1.29, 1.82) is 0 Å². The van der Waals surface area contributed by atoms with Crippen molar-refractivity contribution in [2.75, 3.05) is 17.5 Å². The van der Waals surface area contributed by atoms with Crippen LogP contribution in [0.25, 0.3) is 0 Å². The number of nitrogens with one attached hydrogen (secondary N) is 1. The molecule has 0 bridgehead atoms. The number of halogens is 2. The molecule has 1 unspecified atom stereocenters. The molecule has 0 aliphatic heterocycles. The second-order valence-corrected chi connectivity index (χ2v) is 11.7. The summed E-state index contributed by atoms with van der Waals surface area (Å²) in [7, 11) is -4.29. The Morgan fingerprint density at radius 3 is 2.20 bits per heavy atom. The van der Waals surface area contributed by atoms with Gasteiger partial charge in [-0.1, -0.05) is 35.9 Å². The number of hydrogen-bond donors (Lipinski definition) is 1. The molecule has 1 N–H and O–H groups in total. The highest BCUT2D eigenvalue weighted by Crippen LogP contribution is 2.33. The molecule has 11 heteroatoms. The molecule has 3 aromatic carbocycles. The van der Waals surface area contributed by atoms with Gasteiger partial charge in [0.2, 0.25) is 11.8 Å². The minimum atomic E-state index is -4.29. The van der Waals surface area contributed by atoms with Crippen LogP contribution in [0.4, 0.5) is 10.1 Å². The maximum Gasteiger partial charge on any atom is 0.264 e. The molecular formula is C29H33ClFN3O5S. The Kier molecular flexibility index (Phi) is 10.5. The molecule has 0 aliphatic carbocycles. The third-order valence-electron chi connectivity index (χ3n) is 5.98. The topological polar surface area (TPSA) is 96.0 Å². The molecule has 0 saturated heterocycles. The van der Waals surface area contributed by atoms with E-state index in [4.69, 9.17) is 16.3 Å². The molecule has 214 valence electrons. The zero-order valence-corrected chi connectivity index (χ0v) is 24.4. The van der Waals surface area contributed by atoms with Crippen LogP contribution in [0.3, 0.4) is 0 Å². The summed E-state index contributed by atoms with van der Waals surface area (Å²) < 4.78 is 48.1. The van der Waals surface area contributed by atoms with Crippen LogP contribution in [0.1, 0.15) is 33.3 Å². The smallest absolute Gasteiger partial charge is 0.264 e. The van der Waals surface area contributed by atoms with E-state index in [1.807, 2.05) is 0 Å². The van der Waals surface area contributed by atoms with Crippen LogP contribution in [0.15, 0.2) is 77.7 Å². The average Bonchev–Trinajstić information content (AvgIpc) is 2.91. The molecule has 3 aromatic rings. The van der Waals surface area contributed by atoms with Crippen molar-refractivity contribution < 1.29 is 27.1 Å². The monoisotopic (exact) mass is 589 g/mol. The number of hydrogen-bond acceptors (Lipinski definition) is 5. The lowest BCUT2D eigenvalue weighted by Gasteiger charge is -2.32. The lowest BCUT2D eigenvalue weighted by atomic mass is 10.1. The van der Waals surface area contributed by atoms with Crippen molar-refractivity contribution in [1.82, 2.24) is 10.2 Å². The standard InChI is InChI=1S/C29H33ClFN3O5S/c1-5-39-27-9-7-6-8-26(27)34(40(37,38)25-16-12-23(30)13-17-25)19-28(35)33(21(4)29(36)32-20(2)3)18-22-10-14-24(31)15-11-22/h6-17,20-21H,5,18-19H2,1-4H3,(H,32,36). The van der Waals surface area contributed by atoms with Crippen molar-refractivity contribution >= 4 is 39.1 Å². The van der Waals surface area contributed by atoms with Gasteiger partial charge >= 0.3 is 0 Å². The fraction of sp³-hybridized carbons (Fsp3) is 0.310. The Morgan fingerprint density at radius 1 is 0.975 bits per heavy atom. The molecule has 1 atom stereocenters. The van der Waals surface area contributed by atoms with Crippen LogP contribution in [0.5, 0.6) is 5.75 Å². The maximum absolute atomic E-state index is 13.9. The van der Waals surface area contributed by atoms with Crippen LogP contribution in [-0.2, 0) is 26.2 Å². The van der Waals surface area contributed by atoms with Gasteiger partial charge in [0.05, 0.1) is 17.2 Å². The van der Waals surface area contributed by atoms with Gasteiger partial charge in [0.1, 0.15) is 24.2 Å². The number of anilines is 1. The van der Waals surface area contributed by atoms with E-state index in [-0.39, 0.29) is 35.5 Å². The fourth-order valence-corrected chi connectivity index (χ4v) is 5.51. The molecule has 40 heavy (non-hydrogen) atoms. The molecule has 8 nitrogen and oxygen atoms in total. The summed E-state index contributed by atoms with van der Waals surface area (Å²) in [5.41, 5.74) is 0.731. The number of carbonyl (C=O) groups is 2. The molecule has 0 heterocycles. The van der Waals surface area contributed by atoms with Gasteiger partial charge in [0, 0.05) is 17.6 Å². The number of sulfonamides is 1. The summed E-state index contributed by atoms with van der Waals surface area (Å²) in [6, 6.07) is 16.5. The molecule has 0 aromatic heterocycles. The second kappa shape index (κ2) is 13.6. The number of rotatable bonds is 12. The Hall–Kier alpha value is -3.63. The van der Waals surface area contributed by atoms with Crippen LogP contribution < -0.4 is 14.4 Å². The van der Waals surface area contributed by atoms with Gasteiger partial charge in [-0.15, -0.1) is 0 Å². The Morgan fingerprint density at radius 2 is 1.60 bits per heavy atom. The molecule has 0 aliphatic rings. The van der Waals surface area contributed by atoms with E-state index < -0.39 is 40.2 Å². The third kappa shape index (κ3) is 7.73. The number of amides is 2. The van der Waals surface area contributed by atoms with Gasteiger partial charge in [-0.2, -0.15) is 0 Å². The number of carbonyl (C=O) groups excluding carboxylic acids is 2. The first-order valence-corrected chi connectivity index (χ1v) is 14.6. The highest BCUT2D eigenvalue weighted by molar-refractivity contribution is 7.92. The Balaban J connectivity index is 2.08. The third-order valence-corrected chi connectivity index (χ3v) is 8.00. The van der Waals surface area contributed by atoms with Gasteiger partial charge in [0.25, 0.3) is 10.0 Å². The first-order chi connectivity index (χ1) is 18.9. The van der Waals surface area contributed by atoms with E-state index >= 15 is 0 Å². The lowest BCUT2D eigenvalue weighted by Crippen LogP contribution is -2.52. The molecule has 3 rings (SSSR count). The van der Waals surface area contributed by atoms with Crippen LogP contribution in [0.2, 0.25) is 5.02 Å². The first kappa shape index (κ1) is 30.9. The quantitative estimate of drug-likeness (QED) is 0.320. The minimum absolute atomic E-state index is 0.0479. The fourth-order valence-electron chi connectivity index (χ4n) is 3.96. The SMILES string of the molecule is CCOc1ccccc1N(CC(=O)N(Cc1ccc(F)cc1)C(C)C(=O)NC(C)C)S(=O)(=O)c1ccc(Cl)cc1. The Bertz CT molecular complexity index is 1420. The summed E-state index contributed by atoms with van der Waals surface area (Å²) in [4.78, 5) is 28.1. The van der Waals surface area contributed by atoms with Gasteiger partial charge in [-0.3, -0.25) is 13.9 Å². The minimum Gasteiger partial charge on any atom is -0.492 e. The van der Waals surface area contributed by atoms with Crippen molar-refractivity contribution in [3.05, 3.63) is 89.2 Å². The van der Waals surface area contributed by atoms with Crippen LogP contribution in [0, 0.1) is 5.82 Å². The highest BCUT2D eigenvalue weighted by atomic mass is 35.5. The van der Waals surface area contributed by atoms with Crippen LogP contribution >= 0.6 is 11.6 Å². The van der Waals surface area contributed by atoms with E-state index in [2.05, 4.69) is 5.32 Å². The molecule has 0 saturated carbocycles.